The van der Waals surface area contributed by atoms with E-state index in [0.717, 1.165) is 89.4 Å². The van der Waals surface area contributed by atoms with Gasteiger partial charge in [-0.2, -0.15) is 0 Å². The maximum absolute atomic E-state index is 13.6. The number of amides is 1. The molecule has 0 bridgehead atoms. The molecule has 2 aliphatic heterocycles. The number of aromatic nitrogens is 1. The average molecular weight is 415 g/mol. The van der Waals surface area contributed by atoms with Crippen molar-refractivity contribution in [1.29, 1.82) is 0 Å². The lowest BCUT2D eigenvalue weighted by molar-refractivity contribution is -0.144. The van der Waals surface area contributed by atoms with Crippen LogP contribution in [0.15, 0.2) is 18.2 Å². The molecule has 0 unspecified atom stereocenters. The number of pyridine rings is 1. The molecule has 1 aliphatic carbocycles. The minimum Gasteiger partial charge on any atom is -0.379 e. The van der Waals surface area contributed by atoms with Gasteiger partial charge in [0.2, 0.25) is 5.91 Å². The van der Waals surface area contributed by atoms with Gasteiger partial charge in [0.1, 0.15) is 0 Å². The van der Waals surface area contributed by atoms with Crippen LogP contribution in [0.1, 0.15) is 44.0 Å². The molecule has 4 rings (SSSR count). The lowest BCUT2D eigenvalue weighted by atomic mass is 9.61. The van der Waals surface area contributed by atoms with Gasteiger partial charge in [0.15, 0.2) is 0 Å². The van der Waals surface area contributed by atoms with Crippen LogP contribution >= 0.6 is 0 Å². The quantitative estimate of drug-likeness (QED) is 0.774. The van der Waals surface area contributed by atoms with Gasteiger partial charge in [-0.15, -0.1) is 0 Å². The van der Waals surface area contributed by atoms with E-state index in [4.69, 9.17) is 4.74 Å². The highest BCUT2D eigenvalue weighted by molar-refractivity contribution is 5.83. The average Bonchev–Trinajstić information content (AvgIpc) is 2.78. The van der Waals surface area contributed by atoms with Gasteiger partial charge in [-0.25, -0.2) is 0 Å². The molecule has 6 heteroatoms. The Morgan fingerprint density at radius 3 is 2.87 bits per heavy atom. The second-order valence-corrected chi connectivity index (χ2v) is 9.36. The summed E-state index contributed by atoms with van der Waals surface area (Å²) in [5.41, 5.74) is 1.86. The predicted molar refractivity (Wildman–Crippen MR) is 118 cm³/mol. The zero-order chi connectivity index (χ0) is 21.0. The third kappa shape index (κ3) is 4.71. The zero-order valence-electron chi connectivity index (χ0n) is 18.7. The number of carbonyl (C=O) groups excluding carboxylic acids is 1. The van der Waals surface area contributed by atoms with Crippen molar-refractivity contribution in [1.82, 2.24) is 20.1 Å². The second-order valence-electron chi connectivity index (χ2n) is 9.36. The summed E-state index contributed by atoms with van der Waals surface area (Å²) in [6.07, 6.45) is 5.22. The molecule has 6 nitrogen and oxygen atoms in total. The molecule has 0 spiro atoms. The third-order valence-electron chi connectivity index (χ3n) is 7.64. The first-order chi connectivity index (χ1) is 14.6. The normalized spacial score (nSPS) is 30.6. The first kappa shape index (κ1) is 21.7. The van der Waals surface area contributed by atoms with E-state index >= 15 is 0 Å². The highest BCUT2D eigenvalue weighted by Gasteiger charge is 2.52. The van der Waals surface area contributed by atoms with E-state index in [9.17, 15) is 4.79 Å². The largest absolute Gasteiger partial charge is 0.379 e. The second kappa shape index (κ2) is 9.75. The Morgan fingerprint density at radius 2 is 2.10 bits per heavy atom. The number of hydrogen-bond acceptors (Lipinski definition) is 5. The number of carbonyl (C=O) groups is 1. The highest BCUT2D eigenvalue weighted by Crippen LogP contribution is 2.47. The smallest absolute Gasteiger partial charge is 0.227 e. The van der Waals surface area contributed by atoms with Crippen LogP contribution in [-0.2, 0) is 16.0 Å². The van der Waals surface area contributed by atoms with E-state index < -0.39 is 0 Å². The number of piperidine rings is 1. The summed E-state index contributed by atoms with van der Waals surface area (Å²) >= 11 is 0. The fourth-order valence-corrected chi connectivity index (χ4v) is 5.85. The number of hydrogen-bond donors (Lipinski definition) is 1. The molecule has 166 valence electrons. The van der Waals surface area contributed by atoms with Crippen molar-refractivity contribution >= 4 is 5.91 Å². The first-order valence-electron chi connectivity index (χ1n) is 11.9. The summed E-state index contributed by atoms with van der Waals surface area (Å²) in [6.45, 7) is 11.8. The summed E-state index contributed by atoms with van der Waals surface area (Å²) in [7, 11) is 0. The highest BCUT2D eigenvalue weighted by atomic mass is 16.5. The number of aryl methyl sites for hydroxylation is 1. The van der Waals surface area contributed by atoms with Crippen molar-refractivity contribution in [2.75, 3.05) is 52.5 Å². The van der Waals surface area contributed by atoms with E-state index in [2.05, 4.69) is 27.0 Å². The lowest BCUT2D eigenvalue weighted by Crippen LogP contribution is -2.61. The SMILES string of the molecule is CCN1CC[C@@H]2C[C@@H](N3CCOCC3)CC[C@@]2(C(=O)NCCc2cccc(C)n2)C1. The first-order valence-corrected chi connectivity index (χ1v) is 11.9. The van der Waals surface area contributed by atoms with Gasteiger partial charge >= 0.3 is 0 Å². The number of likely N-dealkylation sites (tertiary alicyclic amines) is 1. The Kier molecular flexibility index (Phi) is 7.06. The maximum atomic E-state index is 13.6. The van der Waals surface area contributed by atoms with Crippen molar-refractivity contribution in [3.05, 3.63) is 29.6 Å². The van der Waals surface area contributed by atoms with Crippen LogP contribution in [0.4, 0.5) is 0 Å². The standard InChI is InChI=1S/C24H38N4O2/c1-3-27-12-9-20-17-22(28-13-15-30-16-14-28)7-10-24(20,18-27)23(29)25-11-8-21-6-4-5-19(2)26-21/h4-6,20,22H,3,7-18H2,1-2H3,(H,25,29)/t20-,22+,24-/m1/s1. The molecule has 1 N–H and O–H groups in total. The summed E-state index contributed by atoms with van der Waals surface area (Å²) in [5.74, 6) is 0.762. The Balaban J connectivity index is 1.41. The van der Waals surface area contributed by atoms with Crippen molar-refractivity contribution in [3.63, 3.8) is 0 Å². The molecule has 1 aromatic rings. The minimum absolute atomic E-state index is 0.225. The van der Waals surface area contributed by atoms with Crippen LogP contribution in [0.3, 0.4) is 0 Å². The molecule has 0 radical (unpaired) electrons. The number of fused-ring (bicyclic) bond motifs is 1. The molecule has 3 heterocycles. The van der Waals surface area contributed by atoms with Crippen molar-refractivity contribution in [2.24, 2.45) is 11.3 Å². The molecular formula is C24H38N4O2. The number of rotatable bonds is 6. The summed E-state index contributed by atoms with van der Waals surface area (Å²) in [5, 5.41) is 3.31. The Labute approximate surface area is 181 Å². The van der Waals surface area contributed by atoms with Gasteiger partial charge in [0.25, 0.3) is 0 Å². The molecule has 0 aromatic carbocycles. The van der Waals surface area contributed by atoms with Gasteiger partial charge in [0.05, 0.1) is 18.6 Å². The number of nitrogens with one attached hydrogen (secondary N) is 1. The van der Waals surface area contributed by atoms with Gasteiger partial charge in [-0.1, -0.05) is 13.0 Å². The van der Waals surface area contributed by atoms with E-state index in [-0.39, 0.29) is 11.3 Å². The molecule has 3 fully saturated rings. The molecule has 1 amide bonds. The van der Waals surface area contributed by atoms with Crippen molar-refractivity contribution < 1.29 is 9.53 Å². The fraction of sp³-hybridized carbons (Fsp3) is 0.750. The Hall–Kier alpha value is -1.50. The van der Waals surface area contributed by atoms with Crippen LogP contribution < -0.4 is 5.32 Å². The maximum Gasteiger partial charge on any atom is 0.227 e. The van der Waals surface area contributed by atoms with Gasteiger partial charge in [0, 0.05) is 50.0 Å². The monoisotopic (exact) mass is 414 g/mol. The molecule has 1 aromatic heterocycles. The van der Waals surface area contributed by atoms with Gasteiger partial charge in [-0.3, -0.25) is 14.7 Å². The molecular weight excluding hydrogens is 376 g/mol. The van der Waals surface area contributed by atoms with Crippen molar-refractivity contribution in [3.8, 4) is 0 Å². The minimum atomic E-state index is -0.225. The van der Waals surface area contributed by atoms with Crippen LogP contribution in [0.2, 0.25) is 0 Å². The molecule has 1 saturated carbocycles. The van der Waals surface area contributed by atoms with Crippen LogP contribution in [0, 0.1) is 18.3 Å². The van der Waals surface area contributed by atoms with Crippen LogP contribution in [0.25, 0.3) is 0 Å². The van der Waals surface area contributed by atoms with E-state index in [0.29, 0.717) is 18.5 Å². The molecule has 3 atom stereocenters. The molecule has 30 heavy (non-hydrogen) atoms. The van der Waals surface area contributed by atoms with E-state index in [1.165, 1.54) is 0 Å². The Morgan fingerprint density at radius 1 is 1.27 bits per heavy atom. The van der Waals surface area contributed by atoms with Gasteiger partial charge < -0.3 is 15.0 Å². The summed E-state index contributed by atoms with van der Waals surface area (Å²) in [6, 6.07) is 6.72. The summed E-state index contributed by atoms with van der Waals surface area (Å²) in [4.78, 5) is 23.2. The predicted octanol–water partition coefficient (Wildman–Crippen LogP) is 2.26. The topological polar surface area (TPSA) is 57.7 Å². The third-order valence-corrected chi connectivity index (χ3v) is 7.64. The Bertz CT molecular complexity index is 721. The van der Waals surface area contributed by atoms with Crippen molar-refractivity contribution in [2.45, 2.75) is 52.0 Å². The number of ether oxygens (including phenoxy) is 1. The van der Waals surface area contributed by atoms with Crippen LogP contribution in [0.5, 0.6) is 0 Å². The fourth-order valence-electron chi connectivity index (χ4n) is 5.85. The van der Waals surface area contributed by atoms with E-state index in [1.807, 2.05) is 25.1 Å². The zero-order valence-corrected chi connectivity index (χ0v) is 18.7. The molecule has 3 aliphatic rings. The number of morpholine rings is 1. The number of nitrogens with zero attached hydrogens (tertiary/aromatic N) is 3. The van der Waals surface area contributed by atoms with E-state index in [1.54, 1.807) is 0 Å². The summed E-state index contributed by atoms with van der Waals surface area (Å²) < 4.78 is 5.55. The molecule has 2 saturated heterocycles. The lowest BCUT2D eigenvalue weighted by Gasteiger charge is -2.53. The van der Waals surface area contributed by atoms with Crippen LogP contribution in [-0.4, -0.2) is 79.2 Å². The van der Waals surface area contributed by atoms with Gasteiger partial charge in [-0.05, 0) is 63.7 Å².